The largest absolute Gasteiger partial charge is 0.488 e. The lowest BCUT2D eigenvalue weighted by molar-refractivity contribution is 0.0600. The van der Waals surface area contributed by atoms with E-state index in [9.17, 15) is 13.2 Å². The number of aryl methyl sites for hydroxylation is 2. The molecule has 1 heterocycles. The van der Waals surface area contributed by atoms with E-state index in [-0.39, 0.29) is 16.1 Å². The maximum atomic E-state index is 12.8. The molecule has 0 radical (unpaired) electrons. The molecule has 0 spiro atoms. The standard InChI is InChI=1S/C20H23NO5S/c1-13-5-6-15(19(22)25-4)12-17(13)21-27(23,24)16-7-8-18-14(11-16)9-10-20(2,3)26-18/h5-8,11-12,21H,9-10H2,1-4H3. The first kappa shape index (κ1) is 19.2. The molecule has 144 valence electrons. The molecule has 0 atom stereocenters. The molecule has 1 N–H and O–H groups in total. The quantitative estimate of drug-likeness (QED) is 0.807. The molecule has 27 heavy (non-hydrogen) atoms. The van der Waals surface area contributed by atoms with Crippen molar-refractivity contribution in [3.8, 4) is 5.75 Å². The first-order chi connectivity index (χ1) is 12.6. The van der Waals surface area contributed by atoms with Crippen LogP contribution in [0.25, 0.3) is 0 Å². The van der Waals surface area contributed by atoms with Gasteiger partial charge in [0, 0.05) is 0 Å². The fourth-order valence-corrected chi connectivity index (χ4v) is 4.15. The van der Waals surface area contributed by atoms with Crippen molar-refractivity contribution >= 4 is 21.7 Å². The number of methoxy groups -OCH3 is 1. The van der Waals surface area contributed by atoms with E-state index in [1.54, 1.807) is 31.2 Å². The van der Waals surface area contributed by atoms with Gasteiger partial charge in [-0.25, -0.2) is 13.2 Å². The maximum absolute atomic E-state index is 12.8. The van der Waals surface area contributed by atoms with Crippen LogP contribution in [0.5, 0.6) is 5.75 Å². The molecule has 7 heteroatoms. The number of esters is 1. The molecule has 0 saturated carbocycles. The van der Waals surface area contributed by atoms with Crippen LogP contribution in [0.15, 0.2) is 41.3 Å². The van der Waals surface area contributed by atoms with E-state index in [1.807, 2.05) is 13.8 Å². The second-order valence-electron chi connectivity index (χ2n) is 7.26. The number of anilines is 1. The van der Waals surface area contributed by atoms with E-state index in [2.05, 4.69) is 4.72 Å². The third kappa shape index (κ3) is 4.08. The number of carbonyl (C=O) groups excluding carboxylic acids is 1. The van der Waals surface area contributed by atoms with Gasteiger partial charge < -0.3 is 9.47 Å². The van der Waals surface area contributed by atoms with Crippen molar-refractivity contribution in [2.75, 3.05) is 11.8 Å². The lowest BCUT2D eigenvalue weighted by Gasteiger charge is -2.32. The van der Waals surface area contributed by atoms with Crippen molar-refractivity contribution in [2.45, 2.75) is 44.1 Å². The molecule has 0 aliphatic carbocycles. The fraction of sp³-hybridized carbons (Fsp3) is 0.350. The zero-order valence-electron chi connectivity index (χ0n) is 15.8. The highest BCUT2D eigenvalue weighted by Crippen LogP contribution is 2.34. The molecule has 1 aliphatic heterocycles. The SMILES string of the molecule is COC(=O)c1ccc(C)c(NS(=O)(=O)c2ccc3c(c2)CCC(C)(C)O3)c1. The lowest BCUT2D eigenvalue weighted by Crippen LogP contribution is -2.32. The molecule has 6 nitrogen and oxygen atoms in total. The van der Waals surface area contributed by atoms with Gasteiger partial charge in [-0.2, -0.15) is 0 Å². The predicted molar refractivity (Wildman–Crippen MR) is 103 cm³/mol. The topological polar surface area (TPSA) is 81.7 Å². The van der Waals surface area contributed by atoms with Crippen molar-refractivity contribution in [3.05, 3.63) is 53.1 Å². The predicted octanol–water partition coefficient (Wildman–Crippen LogP) is 3.69. The molecular formula is C20H23NO5S. The van der Waals surface area contributed by atoms with Gasteiger partial charge in [0.15, 0.2) is 0 Å². The van der Waals surface area contributed by atoms with Crippen LogP contribution in [-0.4, -0.2) is 27.1 Å². The fourth-order valence-electron chi connectivity index (χ4n) is 2.98. The van der Waals surface area contributed by atoms with E-state index in [0.717, 1.165) is 18.4 Å². The lowest BCUT2D eigenvalue weighted by atomic mass is 9.94. The van der Waals surface area contributed by atoms with Gasteiger partial charge in [0.05, 0.1) is 23.3 Å². The van der Waals surface area contributed by atoms with Crippen molar-refractivity contribution in [1.29, 1.82) is 0 Å². The highest BCUT2D eigenvalue weighted by molar-refractivity contribution is 7.92. The highest BCUT2D eigenvalue weighted by Gasteiger charge is 2.28. The van der Waals surface area contributed by atoms with Gasteiger partial charge in [-0.3, -0.25) is 4.72 Å². The summed E-state index contributed by atoms with van der Waals surface area (Å²) in [6, 6.07) is 9.61. The summed E-state index contributed by atoms with van der Waals surface area (Å²) in [5.41, 5.74) is 1.94. The van der Waals surface area contributed by atoms with Gasteiger partial charge >= 0.3 is 5.97 Å². The summed E-state index contributed by atoms with van der Waals surface area (Å²) < 4.78 is 38.9. The van der Waals surface area contributed by atoms with Crippen LogP contribution in [0.3, 0.4) is 0 Å². The number of hydrogen-bond acceptors (Lipinski definition) is 5. The van der Waals surface area contributed by atoms with Crippen LogP contribution >= 0.6 is 0 Å². The van der Waals surface area contributed by atoms with Crippen molar-refractivity contribution in [2.24, 2.45) is 0 Å². The van der Waals surface area contributed by atoms with Gasteiger partial charge in [0.1, 0.15) is 11.4 Å². The molecule has 2 aromatic rings. The minimum Gasteiger partial charge on any atom is -0.488 e. The molecule has 0 saturated heterocycles. The number of fused-ring (bicyclic) bond motifs is 1. The third-order valence-electron chi connectivity index (χ3n) is 4.63. The highest BCUT2D eigenvalue weighted by atomic mass is 32.2. The number of ether oxygens (including phenoxy) is 2. The molecule has 1 aliphatic rings. The van der Waals surface area contributed by atoms with E-state index in [0.29, 0.717) is 17.0 Å². The summed E-state index contributed by atoms with van der Waals surface area (Å²) in [6.07, 6.45) is 1.57. The Morgan fingerprint density at radius 3 is 2.63 bits per heavy atom. The Labute approximate surface area is 159 Å². The summed E-state index contributed by atoms with van der Waals surface area (Å²) in [7, 11) is -2.52. The van der Waals surface area contributed by atoms with Gasteiger partial charge in [-0.05, 0) is 75.1 Å². The van der Waals surface area contributed by atoms with Crippen LogP contribution in [0.2, 0.25) is 0 Å². The Morgan fingerprint density at radius 2 is 1.93 bits per heavy atom. The summed E-state index contributed by atoms with van der Waals surface area (Å²) in [5, 5.41) is 0. The zero-order chi connectivity index (χ0) is 19.8. The molecule has 0 fully saturated rings. The second kappa shape index (κ2) is 6.88. The van der Waals surface area contributed by atoms with Crippen molar-refractivity contribution < 1.29 is 22.7 Å². The van der Waals surface area contributed by atoms with Gasteiger partial charge in [0.25, 0.3) is 10.0 Å². The van der Waals surface area contributed by atoms with Crippen LogP contribution in [0.4, 0.5) is 5.69 Å². The molecule has 3 rings (SSSR count). The van der Waals surface area contributed by atoms with Gasteiger partial charge in [-0.1, -0.05) is 6.07 Å². The Bertz CT molecular complexity index is 995. The first-order valence-corrected chi connectivity index (χ1v) is 10.1. The van der Waals surface area contributed by atoms with E-state index in [4.69, 9.17) is 9.47 Å². The molecule has 0 amide bonds. The molecule has 2 aromatic carbocycles. The van der Waals surface area contributed by atoms with Crippen LogP contribution in [0, 0.1) is 6.92 Å². The zero-order valence-corrected chi connectivity index (χ0v) is 16.6. The molecule has 0 aromatic heterocycles. The summed E-state index contributed by atoms with van der Waals surface area (Å²) in [6.45, 7) is 5.79. The molecular weight excluding hydrogens is 366 g/mol. The minimum absolute atomic E-state index is 0.160. The second-order valence-corrected chi connectivity index (χ2v) is 8.94. The number of carbonyl (C=O) groups is 1. The maximum Gasteiger partial charge on any atom is 0.337 e. The Hall–Kier alpha value is -2.54. The van der Waals surface area contributed by atoms with Crippen molar-refractivity contribution in [1.82, 2.24) is 0 Å². The molecule has 0 unspecified atom stereocenters. The van der Waals surface area contributed by atoms with Gasteiger partial charge in [0.2, 0.25) is 0 Å². The van der Waals surface area contributed by atoms with E-state index >= 15 is 0 Å². The Balaban J connectivity index is 1.91. The third-order valence-corrected chi connectivity index (χ3v) is 5.99. The Morgan fingerprint density at radius 1 is 1.19 bits per heavy atom. The number of benzene rings is 2. The number of hydrogen-bond donors (Lipinski definition) is 1. The van der Waals surface area contributed by atoms with Crippen molar-refractivity contribution in [3.63, 3.8) is 0 Å². The van der Waals surface area contributed by atoms with E-state index < -0.39 is 16.0 Å². The first-order valence-electron chi connectivity index (χ1n) is 8.65. The number of rotatable bonds is 4. The number of sulfonamides is 1. The normalized spacial score (nSPS) is 15.4. The average Bonchev–Trinajstić information content (AvgIpc) is 2.61. The summed E-state index contributed by atoms with van der Waals surface area (Å²) in [4.78, 5) is 11.9. The van der Waals surface area contributed by atoms with Crippen LogP contribution in [-0.2, 0) is 21.2 Å². The summed E-state index contributed by atoms with van der Waals surface area (Å²) >= 11 is 0. The smallest absolute Gasteiger partial charge is 0.337 e. The molecule has 0 bridgehead atoms. The Kier molecular flexibility index (Phi) is 4.90. The summed E-state index contributed by atoms with van der Waals surface area (Å²) in [5.74, 6) is 0.193. The van der Waals surface area contributed by atoms with E-state index in [1.165, 1.54) is 19.2 Å². The number of nitrogens with one attached hydrogen (secondary N) is 1. The average molecular weight is 389 g/mol. The van der Waals surface area contributed by atoms with Crippen LogP contribution < -0.4 is 9.46 Å². The van der Waals surface area contributed by atoms with Gasteiger partial charge in [-0.15, -0.1) is 0 Å². The minimum atomic E-state index is -3.80. The monoisotopic (exact) mass is 389 g/mol. The van der Waals surface area contributed by atoms with Crippen LogP contribution in [0.1, 0.15) is 41.8 Å².